The maximum absolute atomic E-state index is 12.1. The highest BCUT2D eigenvalue weighted by atomic mass is 32.2. The molecule has 0 saturated carbocycles. The summed E-state index contributed by atoms with van der Waals surface area (Å²) in [4.78, 5) is 28.6. The lowest BCUT2D eigenvalue weighted by Crippen LogP contribution is -2.30. The van der Waals surface area contributed by atoms with E-state index in [-0.39, 0.29) is 4.90 Å². The normalized spacial score (nSPS) is 12.5. The number of nitrogens with two attached hydrogens (primary N) is 1. The van der Waals surface area contributed by atoms with Gasteiger partial charge in [0, 0.05) is 5.69 Å². The third kappa shape index (κ3) is 4.84. The van der Waals surface area contributed by atoms with Crippen LogP contribution in [0.15, 0.2) is 29.2 Å². The van der Waals surface area contributed by atoms with E-state index in [4.69, 9.17) is 9.88 Å². The summed E-state index contributed by atoms with van der Waals surface area (Å²) in [6.07, 6.45) is -1.03. The van der Waals surface area contributed by atoms with Crippen molar-refractivity contribution in [1.29, 1.82) is 0 Å². The first-order chi connectivity index (χ1) is 11.6. The van der Waals surface area contributed by atoms with Gasteiger partial charge >= 0.3 is 5.97 Å². The maximum atomic E-state index is 12.1. The van der Waals surface area contributed by atoms with Crippen LogP contribution in [0.5, 0.6) is 0 Å². The Bertz CT molecular complexity index is 904. The van der Waals surface area contributed by atoms with E-state index in [9.17, 15) is 18.0 Å². The molecule has 3 N–H and O–H groups in total. The van der Waals surface area contributed by atoms with Crippen molar-refractivity contribution in [2.75, 3.05) is 5.32 Å². The molecule has 2 aromatic rings. The first kappa shape index (κ1) is 19.0. The summed E-state index contributed by atoms with van der Waals surface area (Å²) in [6, 6.07) is 5.32. The number of carbonyl (C=O) groups is 2. The summed E-state index contributed by atoms with van der Waals surface area (Å²) in [7, 11) is -3.80. The minimum absolute atomic E-state index is 0.0685. The van der Waals surface area contributed by atoms with Gasteiger partial charge in [-0.1, -0.05) is 0 Å². The highest BCUT2D eigenvalue weighted by Gasteiger charge is 2.22. The number of ether oxygens (including phenoxy) is 1. The largest absolute Gasteiger partial charge is 0.448 e. The Morgan fingerprint density at radius 1 is 1.24 bits per heavy atom. The monoisotopic (exact) mass is 383 g/mol. The average molecular weight is 383 g/mol. The topological polar surface area (TPSA) is 128 Å². The van der Waals surface area contributed by atoms with Crippen LogP contribution in [-0.4, -0.2) is 31.4 Å². The molecule has 0 aliphatic heterocycles. The summed E-state index contributed by atoms with van der Waals surface area (Å²) < 4.78 is 27.5. The zero-order valence-electron chi connectivity index (χ0n) is 13.8. The van der Waals surface area contributed by atoms with E-state index in [1.807, 2.05) is 0 Å². The number of hydrogen-bond acceptors (Lipinski definition) is 7. The number of rotatable bonds is 5. The molecule has 2 rings (SSSR count). The molecule has 134 valence electrons. The molecule has 0 aliphatic carbocycles. The fourth-order valence-corrected chi connectivity index (χ4v) is 3.28. The number of aromatic nitrogens is 1. The molecule has 1 aromatic heterocycles. The summed E-state index contributed by atoms with van der Waals surface area (Å²) in [6.45, 7) is 4.91. The predicted octanol–water partition coefficient (Wildman–Crippen LogP) is 1.59. The molecule has 1 heterocycles. The molecule has 0 bridgehead atoms. The summed E-state index contributed by atoms with van der Waals surface area (Å²) >= 11 is 1.20. The minimum atomic E-state index is -3.80. The Morgan fingerprint density at radius 3 is 2.32 bits per heavy atom. The highest BCUT2D eigenvalue weighted by Crippen LogP contribution is 2.19. The van der Waals surface area contributed by atoms with Crippen molar-refractivity contribution in [2.24, 2.45) is 5.14 Å². The van der Waals surface area contributed by atoms with Gasteiger partial charge in [-0.3, -0.25) is 4.79 Å². The molecule has 0 unspecified atom stereocenters. The Labute approximate surface area is 149 Å². The number of aryl methyl sites for hydroxylation is 2. The van der Waals surface area contributed by atoms with Crippen LogP contribution in [0.4, 0.5) is 5.69 Å². The average Bonchev–Trinajstić information content (AvgIpc) is 2.85. The number of primary sulfonamides is 1. The number of anilines is 1. The van der Waals surface area contributed by atoms with Gasteiger partial charge in [-0.05, 0) is 45.0 Å². The first-order valence-electron chi connectivity index (χ1n) is 7.16. The Balaban J connectivity index is 2.00. The maximum Gasteiger partial charge on any atom is 0.351 e. The van der Waals surface area contributed by atoms with E-state index in [2.05, 4.69) is 10.3 Å². The van der Waals surface area contributed by atoms with Gasteiger partial charge in [-0.15, -0.1) is 11.3 Å². The third-order valence-electron chi connectivity index (χ3n) is 3.19. The summed E-state index contributed by atoms with van der Waals surface area (Å²) in [5.74, 6) is -1.16. The van der Waals surface area contributed by atoms with Crippen LogP contribution in [0.1, 0.15) is 27.3 Å². The van der Waals surface area contributed by atoms with Crippen molar-refractivity contribution in [3.8, 4) is 0 Å². The van der Waals surface area contributed by atoms with Crippen LogP contribution in [-0.2, 0) is 19.6 Å². The second-order valence-electron chi connectivity index (χ2n) is 5.25. The number of nitrogens with one attached hydrogen (secondary N) is 1. The first-order valence-corrected chi connectivity index (χ1v) is 9.53. The highest BCUT2D eigenvalue weighted by molar-refractivity contribution is 7.89. The van der Waals surface area contributed by atoms with Crippen LogP contribution < -0.4 is 10.5 Å². The van der Waals surface area contributed by atoms with Crippen LogP contribution in [0.2, 0.25) is 0 Å². The fourth-order valence-electron chi connectivity index (χ4n) is 1.96. The number of amides is 1. The van der Waals surface area contributed by atoms with E-state index >= 15 is 0 Å². The Morgan fingerprint density at radius 2 is 1.84 bits per heavy atom. The van der Waals surface area contributed by atoms with Crippen molar-refractivity contribution in [3.63, 3.8) is 0 Å². The lowest BCUT2D eigenvalue weighted by atomic mass is 10.3. The number of sulfonamides is 1. The van der Waals surface area contributed by atoms with Crippen molar-refractivity contribution < 1.29 is 22.7 Å². The van der Waals surface area contributed by atoms with Crippen LogP contribution in [0.25, 0.3) is 0 Å². The van der Waals surface area contributed by atoms with E-state index in [1.54, 1.807) is 13.8 Å². The number of carbonyl (C=O) groups excluding carboxylic acids is 2. The second kappa shape index (κ2) is 7.30. The predicted molar refractivity (Wildman–Crippen MR) is 92.9 cm³/mol. The van der Waals surface area contributed by atoms with E-state index in [0.29, 0.717) is 16.3 Å². The smallest absolute Gasteiger partial charge is 0.351 e. The molecule has 8 nitrogen and oxygen atoms in total. The van der Waals surface area contributed by atoms with Crippen molar-refractivity contribution in [3.05, 3.63) is 39.8 Å². The van der Waals surface area contributed by atoms with Gasteiger partial charge in [0.2, 0.25) is 10.0 Å². The van der Waals surface area contributed by atoms with Gasteiger partial charge in [0.25, 0.3) is 5.91 Å². The number of esters is 1. The standard InChI is InChI=1S/C15H17N3O5S2/c1-8-13(24-10(3)17-8)15(20)23-9(2)14(19)18-11-4-6-12(7-5-11)25(16,21)22/h4-7,9H,1-3H3,(H,18,19)(H2,16,21,22)/t9-/m1/s1. The SMILES string of the molecule is Cc1nc(C)c(C(=O)O[C@H](C)C(=O)Nc2ccc(S(N)(=O)=O)cc2)s1. The van der Waals surface area contributed by atoms with Crippen LogP contribution >= 0.6 is 11.3 Å². The van der Waals surface area contributed by atoms with Crippen molar-refractivity contribution >= 4 is 38.9 Å². The van der Waals surface area contributed by atoms with Gasteiger partial charge in [-0.2, -0.15) is 0 Å². The quantitative estimate of drug-likeness (QED) is 0.755. The molecule has 1 amide bonds. The molecular formula is C15H17N3O5S2. The molecule has 25 heavy (non-hydrogen) atoms. The van der Waals surface area contributed by atoms with E-state index in [1.165, 1.54) is 42.5 Å². The molecular weight excluding hydrogens is 366 g/mol. The van der Waals surface area contributed by atoms with Gasteiger partial charge in [0.05, 0.1) is 15.6 Å². The zero-order chi connectivity index (χ0) is 18.8. The van der Waals surface area contributed by atoms with Gasteiger partial charge in [0.1, 0.15) is 4.88 Å². The molecule has 0 radical (unpaired) electrons. The number of thiazole rings is 1. The van der Waals surface area contributed by atoms with Crippen molar-refractivity contribution in [2.45, 2.75) is 31.8 Å². The van der Waals surface area contributed by atoms with Crippen LogP contribution in [0.3, 0.4) is 0 Å². The Kier molecular flexibility index (Phi) is 5.55. The summed E-state index contributed by atoms with van der Waals surface area (Å²) in [5.41, 5.74) is 0.906. The van der Waals surface area contributed by atoms with Gasteiger partial charge in [0.15, 0.2) is 6.10 Å². The molecule has 0 spiro atoms. The molecule has 0 aliphatic rings. The van der Waals surface area contributed by atoms with Gasteiger partial charge < -0.3 is 10.1 Å². The second-order valence-corrected chi connectivity index (χ2v) is 8.02. The Hall–Kier alpha value is -2.30. The summed E-state index contributed by atoms with van der Waals surface area (Å²) in [5, 5.41) is 8.27. The third-order valence-corrected chi connectivity index (χ3v) is 5.17. The minimum Gasteiger partial charge on any atom is -0.448 e. The fraction of sp³-hybridized carbons (Fsp3) is 0.267. The molecule has 1 atom stereocenters. The van der Waals surface area contributed by atoms with Gasteiger partial charge in [-0.25, -0.2) is 23.3 Å². The lowest BCUT2D eigenvalue weighted by molar-refractivity contribution is -0.123. The van der Waals surface area contributed by atoms with Crippen molar-refractivity contribution in [1.82, 2.24) is 4.98 Å². The number of benzene rings is 1. The van der Waals surface area contributed by atoms with E-state index < -0.39 is 28.0 Å². The van der Waals surface area contributed by atoms with Crippen LogP contribution in [0, 0.1) is 13.8 Å². The zero-order valence-corrected chi connectivity index (χ0v) is 15.4. The molecule has 1 aromatic carbocycles. The number of nitrogens with zero attached hydrogens (tertiary/aromatic N) is 1. The molecule has 0 saturated heterocycles. The van der Waals surface area contributed by atoms with E-state index in [0.717, 1.165) is 5.01 Å². The molecule has 10 heteroatoms. The lowest BCUT2D eigenvalue weighted by Gasteiger charge is -2.13. The number of hydrogen-bond donors (Lipinski definition) is 2. The molecule has 0 fully saturated rings.